The molecule has 1 aliphatic rings. The minimum atomic E-state index is -0.0647. The van der Waals surface area contributed by atoms with Crippen LogP contribution in [0.15, 0.2) is 54.6 Å². The first kappa shape index (κ1) is 18.0. The molecule has 3 rings (SSSR count). The van der Waals surface area contributed by atoms with Gasteiger partial charge in [0.05, 0.1) is 19.3 Å². The average Bonchev–Trinajstić information content (AvgIpc) is 2.63. The fraction of sp³-hybridized carbons (Fsp3) is 0.455. The number of rotatable bonds is 6. The number of nitrogens with one attached hydrogen (secondary N) is 1. The van der Waals surface area contributed by atoms with Crippen molar-refractivity contribution in [2.24, 2.45) is 5.92 Å². The maximum atomic E-state index is 6.11. The van der Waals surface area contributed by atoms with Gasteiger partial charge >= 0.3 is 0 Å². The molecular formula is C22H29NO2. The molecule has 25 heavy (non-hydrogen) atoms. The third-order valence-corrected chi connectivity index (χ3v) is 5.04. The Hall–Kier alpha value is -1.84. The predicted octanol–water partition coefficient (Wildman–Crippen LogP) is 4.21. The molecule has 1 saturated heterocycles. The van der Waals surface area contributed by atoms with Crippen LogP contribution in [-0.4, -0.2) is 25.4 Å². The van der Waals surface area contributed by atoms with Crippen molar-refractivity contribution in [3.63, 3.8) is 0 Å². The van der Waals surface area contributed by atoms with Gasteiger partial charge in [0.1, 0.15) is 5.75 Å². The summed E-state index contributed by atoms with van der Waals surface area (Å²) < 4.78 is 11.3. The van der Waals surface area contributed by atoms with Gasteiger partial charge < -0.3 is 14.8 Å². The van der Waals surface area contributed by atoms with E-state index in [0.29, 0.717) is 12.0 Å². The Morgan fingerprint density at radius 3 is 2.44 bits per heavy atom. The van der Waals surface area contributed by atoms with Gasteiger partial charge in [0.15, 0.2) is 0 Å². The van der Waals surface area contributed by atoms with Crippen LogP contribution in [0.25, 0.3) is 0 Å². The molecule has 0 unspecified atom stereocenters. The largest absolute Gasteiger partial charge is 0.497 e. The van der Waals surface area contributed by atoms with Gasteiger partial charge in [-0.1, -0.05) is 42.5 Å². The zero-order valence-electron chi connectivity index (χ0n) is 15.5. The normalized spacial score (nSPS) is 22.5. The molecule has 0 aliphatic carbocycles. The summed E-state index contributed by atoms with van der Waals surface area (Å²) in [7, 11) is 1.70. The van der Waals surface area contributed by atoms with E-state index in [2.05, 4.69) is 61.6 Å². The number of ether oxygens (including phenoxy) is 2. The summed E-state index contributed by atoms with van der Waals surface area (Å²) in [5.41, 5.74) is 2.60. The van der Waals surface area contributed by atoms with Crippen LogP contribution in [0.5, 0.6) is 5.75 Å². The highest BCUT2D eigenvalue weighted by atomic mass is 16.5. The Morgan fingerprint density at radius 2 is 1.76 bits per heavy atom. The van der Waals surface area contributed by atoms with E-state index in [1.165, 1.54) is 11.1 Å². The van der Waals surface area contributed by atoms with Crippen LogP contribution in [0.1, 0.15) is 31.4 Å². The van der Waals surface area contributed by atoms with E-state index in [1.54, 1.807) is 7.11 Å². The van der Waals surface area contributed by atoms with Crippen molar-refractivity contribution in [3.05, 3.63) is 65.7 Å². The Kier molecular flexibility index (Phi) is 5.77. The van der Waals surface area contributed by atoms with Crippen LogP contribution in [-0.2, 0) is 17.7 Å². The van der Waals surface area contributed by atoms with Gasteiger partial charge in [-0.05, 0) is 49.9 Å². The number of benzene rings is 2. The second-order valence-corrected chi connectivity index (χ2v) is 7.56. The minimum absolute atomic E-state index is 0.0647. The highest BCUT2D eigenvalue weighted by molar-refractivity contribution is 5.27. The van der Waals surface area contributed by atoms with Crippen LogP contribution in [0.4, 0.5) is 0 Å². The standard InChI is InChI=1S/C22H29NO2/c1-22(2)14-21(23-15-18-9-11-20(24-3)12-10-18)19(16-25-22)13-17-7-5-4-6-8-17/h4-12,19,21,23H,13-16H2,1-3H3/t19-,21+/m1/s1. The van der Waals surface area contributed by atoms with Crippen molar-refractivity contribution in [1.82, 2.24) is 5.32 Å². The third kappa shape index (κ3) is 5.07. The summed E-state index contributed by atoms with van der Waals surface area (Å²) in [4.78, 5) is 0. The average molecular weight is 339 g/mol. The lowest BCUT2D eigenvalue weighted by molar-refractivity contribution is -0.0906. The minimum Gasteiger partial charge on any atom is -0.497 e. The Labute approximate surface area is 151 Å². The van der Waals surface area contributed by atoms with Gasteiger partial charge in [-0.3, -0.25) is 0 Å². The molecule has 0 aromatic heterocycles. The molecule has 134 valence electrons. The lowest BCUT2D eigenvalue weighted by atomic mass is 9.83. The maximum absolute atomic E-state index is 6.11. The summed E-state index contributed by atoms with van der Waals surface area (Å²) in [5, 5.41) is 3.78. The molecule has 0 amide bonds. The second kappa shape index (κ2) is 8.03. The van der Waals surface area contributed by atoms with E-state index in [-0.39, 0.29) is 5.60 Å². The topological polar surface area (TPSA) is 30.5 Å². The molecule has 1 heterocycles. The first-order valence-electron chi connectivity index (χ1n) is 9.10. The molecule has 0 bridgehead atoms. The molecule has 2 aromatic rings. The van der Waals surface area contributed by atoms with Crippen molar-refractivity contribution >= 4 is 0 Å². The van der Waals surface area contributed by atoms with Crippen LogP contribution in [0, 0.1) is 5.92 Å². The smallest absolute Gasteiger partial charge is 0.118 e. The van der Waals surface area contributed by atoms with Crippen molar-refractivity contribution in [1.29, 1.82) is 0 Å². The monoisotopic (exact) mass is 339 g/mol. The maximum Gasteiger partial charge on any atom is 0.118 e. The summed E-state index contributed by atoms with van der Waals surface area (Å²) in [6.07, 6.45) is 2.08. The van der Waals surface area contributed by atoms with E-state index >= 15 is 0 Å². The number of hydrogen-bond acceptors (Lipinski definition) is 3. The predicted molar refractivity (Wildman–Crippen MR) is 102 cm³/mol. The lowest BCUT2D eigenvalue weighted by Crippen LogP contribution is -2.50. The molecule has 1 N–H and O–H groups in total. The van der Waals surface area contributed by atoms with E-state index in [0.717, 1.165) is 31.7 Å². The Balaban J connectivity index is 1.65. The van der Waals surface area contributed by atoms with Crippen LogP contribution in [0.2, 0.25) is 0 Å². The van der Waals surface area contributed by atoms with Gasteiger partial charge in [-0.25, -0.2) is 0 Å². The van der Waals surface area contributed by atoms with Crippen molar-refractivity contribution < 1.29 is 9.47 Å². The quantitative estimate of drug-likeness (QED) is 0.855. The molecule has 1 fully saturated rings. The first-order valence-corrected chi connectivity index (χ1v) is 9.10. The van der Waals surface area contributed by atoms with Gasteiger partial charge in [0.25, 0.3) is 0 Å². The summed E-state index contributed by atoms with van der Waals surface area (Å²) in [5.74, 6) is 1.39. The highest BCUT2D eigenvalue weighted by Gasteiger charge is 2.35. The fourth-order valence-corrected chi connectivity index (χ4v) is 3.55. The van der Waals surface area contributed by atoms with Crippen LogP contribution < -0.4 is 10.1 Å². The zero-order valence-corrected chi connectivity index (χ0v) is 15.5. The van der Waals surface area contributed by atoms with Crippen LogP contribution in [0.3, 0.4) is 0 Å². The second-order valence-electron chi connectivity index (χ2n) is 7.56. The fourth-order valence-electron chi connectivity index (χ4n) is 3.55. The van der Waals surface area contributed by atoms with Gasteiger partial charge in [0.2, 0.25) is 0 Å². The molecule has 3 heteroatoms. The molecule has 0 spiro atoms. The Morgan fingerprint density at radius 1 is 1.04 bits per heavy atom. The highest BCUT2D eigenvalue weighted by Crippen LogP contribution is 2.30. The van der Waals surface area contributed by atoms with Crippen molar-refractivity contribution in [2.45, 2.75) is 44.9 Å². The van der Waals surface area contributed by atoms with E-state index < -0.39 is 0 Å². The first-order chi connectivity index (χ1) is 12.1. The lowest BCUT2D eigenvalue weighted by Gasteiger charge is -2.41. The van der Waals surface area contributed by atoms with E-state index in [1.807, 2.05) is 12.1 Å². The van der Waals surface area contributed by atoms with E-state index in [9.17, 15) is 0 Å². The molecule has 0 radical (unpaired) electrons. The van der Waals surface area contributed by atoms with Gasteiger partial charge in [-0.2, -0.15) is 0 Å². The number of methoxy groups -OCH3 is 1. The zero-order chi connectivity index (χ0) is 17.7. The molecule has 2 atom stereocenters. The molecule has 0 saturated carbocycles. The van der Waals surface area contributed by atoms with Crippen molar-refractivity contribution in [2.75, 3.05) is 13.7 Å². The Bertz CT molecular complexity index is 651. The number of hydrogen-bond donors (Lipinski definition) is 1. The summed E-state index contributed by atoms with van der Waals surface area (Å²) >= 11 is 0. The molecular weight excluding hydrogens is 310 g/mol. The molecule has 1 aliphatic heterocycles. The van der Waals surface area contributed by atoms with Crippen molar-refractivity contribution in [3.8, 4) is 5.75 Å². The molecule has 2 aromatic carbocycles. The summed E-state index contributed by atoms with van der Waals surface area (Å²) in [6.45, 7) is 6.06. The van der Waals surface area contributed by atoms with E-state index in [4.69, 9.17) is 9.47 Å². The summed E-state index contributed by atoms with van der Waals surface area (Å²) in [6, 6.07) is 19.5. The molecule has 3 nitrogen and oxygen atoms in total. The van der Waals surface area contributed by atoms with Gasteiger partial charge in [-0.15, -0.1) is 0 Å². The van der Waals surface area contributed by atoms with Gasteiger partial charge in [0, 0.05) is 18.5 Å². The third-order valence-electron chi connectivity index (χ3n) is 5.04. The SMILES string of the molecule is COc1ccc(CN[C@H]2CC(C)(C)OC[C@H]2Cc2ccccc2)cc1. The van der Waals surface area contributed by atoms with Crippen LogP contribution >= 0.6 is 0 Å².